The third-order valence-corrected chi connectivity index (χ3v) is 4.81. The summed E-state index contributed by atoms with van der Waals surface area (Å²) in [7, 11) is 0. The molecule has 0 heterocycles. The molecule has 0 aromatic carbocycles. The topological polar surface area (TPSA) is 40.5 Å². The Morgan fingerprint density at radius 1 is 1.00 bits per heavy atom. The number of aliphatic hydroxyl groups is 2. The van der Waals surface area contributed by atoms with Crippen LogP contribution in [0, 0.1) is 29.1 Å². The largest absolute Gasteiger partial charge is 0.396 e. The predicted molar refractivity (Wildman–Crippen MR) is 53.6 cm³/mol. The van der Waals surface area contributed by atoms with Gasteiger partial charge in [0.25, 0.3) is 0 Å². The van der Waals surface area contributed by atoms with Crippen molar-refractivity contribution < 1.29 is 10.2 Å². The van der Waals surface area contributed by atoms with Gasteiger partial charge in [-0.25, -0.2) is 0 Å². The van der Waals surface area contributed by atoms with Crippen LogP contribution >= 0.6 is 0 Å². The van der Waals surface area contributed by atoms with Crippen LogP contribution in [0.5, 0.6) is 0 Å². The van der Waals surface area contributed by atoms with E-state index in [0.29, 0.717) is 0 Å². The fraction of sp³-hybridized carbons (Fsp3) is 0.833. The fourth-order valence-electron chi connectivity index (χ4n) is 4.02. The first-order valence-electron chi connectivity index (χ1n) is 5.68. The molecule has 2 N–H and O–H groups in total. The Morgan fingerprint density at radius 3 is 1.93 bits per heavy atom. The summed E-state index contributed by atoms with van der Waals surface area (Å²) in [6.45, 7) is 0.325. The first kappa shape index (κ1) is 8.93. The molecule has 0 saturated heterocycles. The molecule has 4 atom stereocenters. The van der Waals surface area contributed by atoms with Crippen LogP contribution in [0.25, 0.3) is 0 Å². The summed E-state index contributed by atoms with van der Waals surface area (Å²) < 4.78 is 0. The molecule has 78 valence electrons. The minimum atomic E-state index is -0.154. The van der Waals surface area contributed by atoms with Gasteiger partial charge in [0.05, 0.1) is 13.2 Å². The lowest BCUT2D eigenvalue weighted by Crippen LogP contribution is -2.27. The minimum Gasteiger partial charge on any atom is -0.396 e. The first-order chi connectivity index (χ1) is 6.78. The molecule has 0 aliphatic heterocycles. The molecular formula is C12H18O2. The number of rotatable bonds is 2. The Hall–Kier alpha value is -0.340. The molecule has 3 rings (SSSR count). The fourth-order valence-corrected chi connectivity index (χ4v) is 4.02. The lowest BCUT2D eigenvalue weighted by atomic mass is 9.84. The van der Waals surface area contributed by atoms with Crippen molar-refractivity contribution in [3.63, 3.8) is 0 Å². The van der Waals surface area contributed by atoms with E-state index in [4.69, 9.17) is 0 Å². The summed E-state index contributed by atoms with van der Waals surface area (Å²) in [5, 5.41) is 18.8. The van der Waals surface area contributed by atoms with E-state index < -0.39 is 0 Å². The van der Waals surface area contributed by atoms with Gasteiger partial charge in [-0.05, 0) is 42.9 Å². The van der Waals surface area contributed by atoms with Crippen molar-refractivity contribution in [1.82, 2.24) is 0 Å². The maximum atomic E-state index is 9.38. The average Bonchev–Trinajstić information content (AvgIpc) is 2.88. The molecular weight excluding hydrogens is 176 g/mol. The highest BCUT2D eigenvalue weighted by atomic mass is 16.3. The lowest BCUT2D eigenvalue weighted by Gasteiger charge is -2.25. The average molecular weight is 194 g/mol. The summed E-state index contributed by atoms with van der Waals surface area (Å²) in [6, 6.07) is 0. The van der Waals surface area contributed by atoms with Gasteiger partial charge in [0.2, 0.25) is 0 Å². The van der Waals surface area contributed by atoms with E-state index in [1.165, 1.54) is 6.42 Å². The van der Waals surface area contributed by atoms with E-state index in [1.807, 2.05) is 0 Å². The third-order valence-electron chi connectivity index (χ3n) is 4.81. The standard InChI is InChI=1S/C12H18O2/c13-6-12(7-14)4-10-8-1-2-9(3-8)11(10)5-12/h1-2,8-11,13-14H,3-7H2. The SMILES string of the molecule is OCC1(CO)CC2C3C=CC(C3)C2C1. The molecule has 2 heteroatoms. The van der Waals surface area contributed by atoms with Gasteiger partial charge < -0.3 is 10.2 Å². The monoisotopic (exact) mass is 194 g/mol. The molecule has 2 nitrogen and oxygen atoms in total. The van der Waals surface area contributed by atoms with Crippen LogP contribution in [0.1, 0.15) is 19.3 Å². The number of allylic oxidation sites excluding steroid dienone is 2. The Bertz CT molecular complexity index is 245. The van der Waals surface area contributed by atoms with Crippen LogP contribution in [0.2, 0.25) is 0 Å². The number of hydrogen-bond donors (Lipinski definition) is 2. The quantitative estimate of drug-likeness (QED) is 0.648. The number of hydrogen-bond acceptors (Lipinski definition) is 2. The van der Waals surface area contributed by atoms with Crippen molar-refractivity contribution in [2.75, 3.05) is 13.2 Å². The second kappa shape index (κ2) is 2.83. The Kier molecular flexibility index (Phi) is 1.80. The van der Waals surface area contributed by atoms with Gasteiger partial charge in [-0.2, -0.15) is 0 Å². The maximum absolute atomic E-state index is 9.38. The first-order valence-corrected chi connectivity index (χ1v) is 5.68. The van der Waals surface area contributed by atoms with E-state index in [2.05, 4.69) is 12.2 Å². The summed E-state index contributed by atoms with van der Waals surface area (Å²) >= 11 is 0. The van der Waals surface area contributed by atoms with E-state index >= 15 is 0 Å². The highest BCUT2D eigenvalue weighted by molar-refractivity contribution is 5.17. The van der Waals surface area contributed by atoms with Crippen molar-refractivity contribution >= 4 is 0 Å². The number of fused-ring (bicyclic) bond motifs is 5. The molecule has 14 heavy (non-hydrogen) atoms. The van der Waals surface area contributed by atoms with E-state index in [1.54, 1.807) is 0 Å². The second-order valence-electron chi connectivity index (χ2n) is 5.50. The Labute approximate surface area is 84.6 Å². The van der Waals surface area contributed by atoms with Gasteiger partial charge >= 0.3 is 0 Å². The lowest BCUT2D eigenvalue weighted by molar-refractivity contribution is 0.0510. The highest BCUT2D eigenvalue weighted by Gasteiger charge is 2.54. The van der Waals surface area contributed by atoms with Crippen LogP contribution < -0.4 is 0 Å². The van der Waals surface area contributed by atoms with Gasteiger partial charge in [0, 0.05) is 5.41 Å². The van der Waals surface area contributed by atoms with Crippen molar-refractivity contribution in [1.29, 1.82) is 0 Å². The van der Waals surface area contributed by atoms with Crippen LogP contribution in [0.3, 0.4) is 0 Å². The maximum Gasteiger partial charge on any atom is 0.0509 e. The zero-order chi connectivity index (χ0) is 9.76. The highest BCUT2D eigenvalue weighted by Crippen LogP contribution is 2.60. The molecule has 3 aliphatic rings. The predicted octanol–water partition coefficient (Wildman–Crippen LogP) is 1.19. The van der Waals surface area contributed by atoms with Gasteiger partial charge in [-0.3, -0.25) is 0 Å². The van der Waals surface area contributed by atoms with E-state index in [0.717, 1.165) is 36.5 Å². The molecule has 0 amide bonds. The van der Waals surface area contributed by atoms with Crippen molar-refractivity contribution in [3.05, 3.63) is 12.2 Å². The van der Waals surface area contributed by atoms with E-state index in [-0.39, 0.29) is 18.6 Å². The summed E-state index contributed by atoms with van der Waals surface area (Å²) in [4.78, 5) is 0. The second-order valence-corrected chi connectivity index (χ2v) is 5.50. The molecule has 0 spiro atoms. The molecule has 4 unspecified atom stereocenters. The van der Waals surface area contributed by atoms with Gasteiger partial charge in [0.1, 0.15) is 0 Å². The van der Waals surface area contributed by atoms with Crippen LogP contribution in [-0.4, -0.2) is 23.4 Å². The molecule has 2 bridgehead atoms. The summed E-state index contributed by atoms with van der Waals surface area (Å²) in [5.41, 5.74) is -0.154. The third kappa shape index (κ3) is 0.986. The molecule has 2 saturated carbocycles. The van der Waals surface area contributed by atoms with Gasteiger partial charge in [0.15, 0.2) is 0 Å². The normalized spacial score (nSPS) is 47.3. The smallest absolute Gasteiger partial charge is 0.0509 e. The molecule has 3 aliphatic carbocycles. The molecule has 2 fully saturated rings. The Balaban J connectivity index is 1.84. The Morgan fingerprint density at radius 2 is 1.50 bits per heavy atom. The zero-order valence-electron chi connectivity index (χ0n) is 8.39. The van der Waals surface area contributed by atoms with Crippen LogP contribution in [-0.2, 0) is 0 Å². The summed E-state index contributed by atoms with van der Waals surface area (Å²) in [5.74, 6) is 3.02. The van der Waals surface area contributed by atoms with Crippen molar-refractivity contribution in [3.8, 4) is 0 Å². The number of aliphatic hydroxyl groups excluding tert-OH is 2. The van der Waals surface area contributed by atoms with Crippen molar-refractivity contribution in [2.45, 2.75) is 19.3 Å². The van der Waals surface area contributed by atoms with Crippen LogP contribution in [0.15, 0.2) is 12.2 Å². The molecule has 0 aromatic heterocycles. The van der Waals surface area contributed by atoms with Gasteiger partial charge in [-0.15, -0.1) is 0 Å². The molecule has 0 radical (unpaired) electrons. The summed E-state index contributed by atoms with van der Waals surface area (Å²) in [6.07, 6.45) is 8.13. The molecule has 0 aromatic rings. The van der Waals surface area contributed by atoms with Crippen LogP contribution in [0.4, 0.5) is 0 Å². The zero-order valence-corrected chi connectivity index (χ0v) is 8.39. The minimum absolute atomic E-state index is 0.154. The van der Waals surface area contributed by atoms with Crippen molar-refractivity contribution in [2.24, 2.45) is 29.1 Å². The van der Waals surface area contributed by atoms with Gasteiger partial charge in [-0.1, -0.05) is 12.2 Å². The van der Waals surface area contributed by atoms with E-state index in [9.17, 15) is 10.2 Å².